The predicted octanol–water partition coefficient (Wildman–Crippen LogP) is 4.25. The molecule has 1 N–H and O–H groups in total. The molecule has 0 aliphatic carbocycles. The van der Waals surface area contributed by atoms with E-state index in [1.807, 2.05) is 24.3 Å². The zero-order valence-corrected chi connectivity index (χ0v) is 13.3. The molecule has 5 heteroatoms. The van der Waals surface area contributed by atoms with Gasteiger partial charge in [-0.15, -0.1) is 0 Å². The van der Waals surface area contributed by atoms with Crippen molar-refractivity contribution in [3.63, 3.8) is 0 Å². The van der Waals surface area contributed by atoms with Crippen LogP contribution in [0.3, 0.4) is 0 Å². The van der Waals surface area contributed by atoms with Crippen molar-refractivity contribution >= 4 is 21.6 Å². The minimum absolute atomic E-state index is 0.102. The number of nitrogens with zero attached hydrogens (tertiary/aromatic N) is 1. The Balaban J connectivity index is 1.92. The normalized spacial score (nSPS) is 12.1. The van der Waals surface area contributed by atoms with Gasteiger partial charge in [0.2, 0.25) is 0 Å². The van der Waals surface area contributed by atoms with Gasteiger partial charge < -0.3 is 5.32 Å². The summed E-state index contributed by atoms with van der Waals surface area (Å²) in [6.45, 7) is 3.60. The van der Waals surface area contributed by atoms with Crippen molar-refractivity contribution in [1.82, 2.24) is 5.32 Å². The fourth-order valence-electron chi connectivity index (χ4n) is 2.14. The van der Waals surface area contributed by atoms with E-state index in [2.05, 4.69) is 40.3 Å². The molecule has 110 valence electrons. The van der Waals surface area contributed by atoms with Gasteiger partial charge in [0.25, 0.3) is 5.69 Å². The third-order valence-electron chi connectivity index (χ3n) is 3.36. The van der Waals surface area contributed by atoms with Gasteiger partial charge in [0, 0.05) is 19.2 Å². The first-order chi connectivity index (χ1) is 10.1. The van der Waals surface area contributed by atoms with Crippen molar-refractivity contribution in [2.45, 2.75) is 19.4 Å². The number of benzene rings is 2. The average molecular weight is 349 g/mol. The summed E-state index contributed by atoms with van der Waals surface area (Å²) < 4.78 is 0.508. The minimum Gasteiger partial charge on any atom is -0.312 e. The molecule has 4 nitrogen and oxygen atoms in total. The second-order valence-electron chi connectivity index (χ2n) is 4.99. The summed E-state index contributed by atoms with van der Waals surface area (Å²) >= 11 is 3.19. The standard InChI is InChI=1S/C16H17BrN2O2/c1-12(14-5-3-2-4-6-14)10-18-11-13-7-8-15(17)16(9-13)19(20)21/h2-9,12,18H,10-11H2,1H3. The molecule has 0 spiro atoms. The highest BCUT2D eigenvalue weighted by molar-refractivity contribution is 9.10. The summed E-state index contributed by atoms with van der Waals surface area (Å²) in [5.41, 5.74) is 2.29. The lowest BCUT2D eigenvalue weighted by molar-refractivity contribution is -0.385. The summed E-state index contributed by atoms with van der Waals surface area (Å²) in [5.74, 6) is 0.400. The van der Waals surface area contributed by atoms with E-state index in [4.69, 9.17) is 0 Å². The maximum Gasteiger partial charge on any atom is 0.283 e. The summed E-state index contributed by atoms with van der Waals surface area (Å²) in [5, 5.41) is 14.2. The summed E-state index contributed by atoms with van der Waals surface area (Å²) in [7, 11) is 0. The first-order valence-corrected chi connectivity index (χ1v) is 7.55. The molecule has 2 aromatic carbocycles. The van der Waals surface area contributed by atoms with Gasteiger partial charge in [-0.25, -0.2) is 0 Å². The van der Waals surface area contributed by atoms with Crippen LogP contribution in [0.2, 0.25) is 0 Å². The van der Waals surface area contributed by atoms with E-state index >= 15 is 0 Å². The molecule has 0 fully saturated rings. The smallest absolute Gasteiger partial charge is 0.283 e. The van der Waals surface area contributed by atoms with Crippen molar-refractivity contribution < 1.29 is 4.92 Å². The monoisotopic (exact) mass is 348 g/mol. The van der Waals surface area contributed by atoms with Crippen LogP contribution in [-0.2, 0) is 6.54 Å². The molecule has 0 bridgehead atoms. The van der Waals surface area contributed by atoms with Gasteiger partial charge in [-0.05, 0) is 39.0 Å². The molecule has 0 heterocycles. The number of nitro groups is 1. The maximum absolute atomic E-state index is 10.9. The molecule has 0 aromatic heterocycles. The molecule has 2 rings (SSSR count). The molecular formula is C16H17BrN2O2. The van der Waals surface area contributed by atoms with Crippen LogP contribution in [0.25, 0.3) is 0 Å². The highest BCUT2D eigenvalue weighted by atomic mass is 79.9. The van der Waals surface area contributed by atoms with Crippen molar-refractivity contribution in [2.24, 2.45) is 0 Å². The molecule has 1 unspecified atom stereocenters. The predicted molar refractivity (Wildman–Crippen MR) is 87.4 cm³/mol. The third kappa shape index (κ3) is 4.37. The maximum atomic E-state index is 10.9. The van der Waals surface area contributed by atoms with Crippen molar-refractivity contribution in [1.29, 1.82) is 0 Å². The summed E-state index contributed by atoms with van der Waals surface area (Å²) in [6.07, 6.45) is 0. The van der Waals surface area contributed by atoms with Gasteiger partial charge in [0.15, 0.2) is 0 Å². The Morgan fingerprint density at radius 1 is 1.24 bits per heavy atom. The topological polar surface area (TPSA) is 55.2 Å². The van der Waals surface area contributed by atoms with Crippen LogP contribution >= 0.6 is 15.9 Å². The SMILES string of the molecule is CC(CNCc1ccc(Br)c([N+](=O)[O-])c1)c1ccccc1. The highest BCUT2D eigenvalue weighted by Gasteiger charge is 2.12. The molecular weight excluding hydrogens is 332 g/mol. The Labute approximate surface area is 132 Å². The molecule has 0 amide bonds. The Bertz CT molecular complexity index is 617. The van der Waals surface area contributed by atoms with Crippen LogP contribution in [-0.4, -0.2) is 11.5 Å². The molecule has 1 atom stereocenters. The van der Waals surface area contributed by atoms with E-state index in [0.29, 0.717) is 16.9 Å². The molecule has 0 aliphatic heterocycles. The van der Waals surface area contributed by atoms with Gasteiger partial charge in [-0.2, -0.15) is 0 Å². The Morgan fingerprint density at radius 2 is 1.95 bits per heavy atom. The molecule has 0 aliphatic rings. The van der Waals surface area contributed by atoms with Crippen LogP contribution in [0.5, 0.6) is 0 Å². The Hall–Kier alpha value is -1.72. The van der Waals surface area contributed by atoms with Crippen LogP contribution in [0.4, 0.5) is 5.69 Å². The fraction of sp³-hybridized carbons (Fsp3) is 0.250. The number of hydrogen-bond donors (Lipinski definition) is 1. The average Bonchev–Trinajstić information content (AvgIpc) is 2.49. The second-order valence-corrected chi connectivity index (χ2v) is 5.84. The summed E-state index contributed by atoms with van der Waals surface area (Å²) in [6, 6.07) is 15.5. The molecule has 21 heavy (non-hydrogen) atoms. The number of hydrogen-bond acceptors (Lipinski definition) is 3. The van der Waals surface area contributed by atoms with Gasteiger partial charge >= 0.3 is 0 Å². The summed E-state index contributed by atoms with van der Waals surface area (Å²) in [4.78, 5) is 10.5. The van der Waals surface area contributed by atoms with Gasteiger partial charge in [-0.1, -0.05) is 43.3 Å². The number of rotatable bonds is 6. The largest absolute Gasteiger partial charge is 0.312 e. The van der Waals surface area contributed by atoms with E-state index in [1.165, 1.54) is 5.56 Å². The molecule has 0 saturated heterocycles. The number of nitrogens with one attached hydrogen (secondary N) is 1. The number of halogens is 1. The quantitative estimate of drug-likeness (QED) is 0.627. The van der Waals surface area contributed by atoms with Crippen LogP contribution in [0, 0.1) is 10.1 Å². The molecule has 2 aromatic rings. The lowest BCUT2D eigenvalue weighted by Gasteiger charge is -2.13. The van der Waals surface area contributed by atoms with E-state index in [0.717, 1.165) is 12.1 Å². The van der Waals surface area contributed by atoms with Crippen LogP contribution in [0.15, 0.2) is 53.0 Å². The van der Waals surface area contributed by atoms with Gasteiger partial charge in [-0.3, -0.25) is 10.1 Å². The first kappa shape index (κ1) is 15.7. The second kappa shape index (κ2) is 7.33. The number of nitro benzene ring substituents is 1. The van der Waals surface area contributed by atoms with Crippen molar-refractivity contribution in [2.75, 3.05) is 6.54 Å². The molecule has 0 radical (unpaired) electrons. The van der Waals surface area contributed by atoms with Crippen LogP contribution in [0.1, 0.15) is 24.0 Å². The van der Waals surface area contributed by atoms with Gasteiger partial charge in [0.05, 0.1) is 9.40 Å². The fourth-order valence-corrected chi connectivity index (χ4v) is 2.53. The Morgan fingerprint density at radius 3 is 2.62 bits per heavy atom. The first-order valence-electron chi connectivity index (χ1n) is 6.76. The van der Waals surface area contributed by atoms with E-state index in [9.17, 15) is 10.1 Å². The van der Waals surface area contributed by atoms with E-state index in [-0.39, 0.29) is 10.6 Å². The van der Waals surface area contributed by atoms with E-state index < -0.39 is 0 Å². The lowest BCUT2D eigenvalue weighted by Crippen LogP contribution is -2.19. The third-order valence-corrected chi connectivity index (χ3v) is 4.03. The van der Waals surface area contributed by atoms with Gasteiger partial charge in [0.1, 0.15) is 0 Å². The van der Waals surface area contributed by atoms with E-state index in [1.54, 1.807) is 12.1 Å². The highest BCUT2D eigenvalue weighted by Crippen LogP contribution is 2.25. The zero-order valence-electron chi connectivity index (χ0n) is 11.8. The van der Waals surface area contributed by atoms with Crippen molar-refractivity contribution in [3.8, 4) is 0 Å². The lowest BCUT2D eigenvalue weighted by atomic mass is 10.0. The Kier molecular flexibility index (Phi) is 5.47. The molecule has 0 saturated carbocycles. The van der Waals surface area contributed by atoms with Crippen molar-refractivity contribution in [3.05, 3.63) is 74.2 Å². The minimum atomic E-state index is -0.375. The van der Waals surface area contributed by atoms with Crippen LogP contribution < -0.4 is 5.32 Å². The zero-order chi connectivity index (χ0) is 15.2.